The van der Waals surface area contributed by atoms with Crippen molar-refractivity contribution in [3.05, 3.63) is 62.1 Å². The van der Waals surface area contributed by atoms with E-state index in [0.717, 1.165) is 11.3 Å². The highest BCUT2D eigenvalue weighted by Crippen LogP contribution is 2.32. The van der Waals surface area contributed by atoms with Crippen molar-refractivity contribution in [1.82, 2.24) is 5.32 Å². The lowest BCUT2D eigenvalue weighted by molar-refractivity contribution is -0.384. The van der Waals surface area contributed by atoms with Crippen LogP contribution in [0.1, 0.15) is 5.56 Å². The van der Waals surface area contributed by atoms with Gasteiger partial charge in [0.15, 0.2) is 0 Å². The maximum absolute atomic E-state index is 10.6. The lowest BCUT2D eigenvalue weighted by Gasteiger charge is -2.12. The van der Waals surface area contributed by atoms with E-state index in [4.69, 9.17) is 27.9 Å². The maximum Gasteiger partial charge on any atom is 0.269 e. The third-order valence-electron chi connectivity index (χ3n) is 3.31. The van der Waals surface area contributed by atoms with Gasteiger partial charge in [-0.05, 0) is 24.3 Å². The van der Waals surface area contributed by atoms with Gasteiger partial charge in [-0.3, -0.25) is 10.1 Å². The Morgan fingerprint density at radius 3 is 2.44 bits per heavy atom. The molecule has 0 heterocycles. The highest BCUT2D eigenvalue weighted by Gasteiger charge is 2.09. The molecule has 0 aliphatic heterocycles. The molecule has 2 rings (SSSR count). The van der Waals surface area contributed by atoms with Crippen molar-refractivity contribution in [2.45, 2.75) is 6.54 Å². The molecule has 0 fully saturated rings. The summed E-state index contributed by atoms with van der Waals surface area (Å²) in [6.07, 6.45) is 0. The van der Waals surface area contributed by atoms with E-state index in [0.29, 0.717) is 35.4 Å². The Morgan fingerprint density at radius 1 is 1.16 bits per heavy atom. The Balaban J connectivity index is 0.00000312. The number of nitro benzene ring substituents is 1. The van der Waals surface area contributed by atoms with E-state index in [-0.39, 0.29) is 18.1 Å². The summed E-state index contributed by atoms with van der Waals surface area (Å²) in [4.78, 5) is 10.2. The van der Waals surface area contributed by atoms with Crippen molar-refractivity contribution >= 4 is 47.0 Å². The van der Waals surface area contributed by atoms with Gasteiger partial charge in [-0.25, -0.2) is 0 Å². The minimum absolute atomic E-state index is 0. The zero-order chi connectivity index (χ0) is 17.5. The second kappa shape index (κ2) is 10.3. The second-order valence-corrected chi connectivity index (χ2v) is 5.83. The topological polar surface area (TPSA) is 76.4 Å². The van der Waals surface area contributed by atoms with Crippen molar-refractivity contribution in [2.75, 3.05) is 25.5 Å². The largest absolute Gasteiger partial charge is 0.495 e. The number of non-ortho nitro benzene ring substituents is 1. The van der Waals surface area contributed by atoms with Gasteiger partial charge < -0.3 is 15.4 Å². The molecule has 0 aromatic heterocycles. The molecular formula is C16H18Cl3N3O3. The fraction of sp³-hybridized carbons (Fsp3) is 0.250. The molecule has 0 saturated heterocycles. The molecule has 2 aromatic rings. The van der Waals surface area contributed by atoms with Gasteiger partial charge >= 0.3 is 0 Å². The normalized spacial score (nSPS) is 10.0. The van der Waals surface area contributed by atoms with Crippen LogP contribution in [-0.4, -0.2) is 25.1 Å². The van der Waals surface area contributed by atoms with Crippen molar-refractivity contribution < 1.29 is 9.66 Å². The third kappa shape index (κ3) is 6.25. The maximum atomic E-state index is 10.6. The number of halogens is 3. The lowest BCUT2D eigenvalue weighted by Crippen LogP contribution is -2.22. The number of hydrogen-bond acceptors (Lipinski definition) is 5. The third-order valence-corrected chi connectivity index (χ3v) is 3.81. The first-order valence-electron chi connectivity index (χ1n) is 7.22. The van der Waals surface area contributed by atoms with Gasteiger partial charge in [0.25, 0.3) is 5.69 Å². The van der Waals surface area contributed by atoms with Crippen LogP contribution in [0.2, 0.25) is 10.0 Å². The summed E-state index contributed by atoms with van der Waals surface area (Å²) in [7, 11) is 1.56. The molecule has 0 amide bonds. The highest BCUT2D eigenvalue weighted by molar-refractivity contribution is 6.35. The number of rotatable bonds is 8. The summed E-state index contributed by atoms with van der Waals surface area (Å²) in [5, 5.41) is 18.1. The van der Waals surface area contributed by atoms with E-state index >= 15 is 0 Å². The summed E-state index contributed by atoms with van der Waals surface area (Å²) in [6.45, 7) is 1.91. The molecule has 0 spiro atoms. The minimum Gasteiger partial charge on any atom is -0.495 e. The van der Waals surface area contributed by atoms with Crippen molar-refractivity contribution in [2.24, 2.45) is 0 Å². The van der Waals surface area contributed by atoms with Crippen LogP contribution in [0, 0.1) is 10.1 Å². The van der Waals surface area contributed by atoms with Crippen LogP contribution in [0.5, 0.6) is 5.75 Å². The molecule has 0 aliphatic rings. The van der Waals surface area contributed by atoms with Crippen LogP contribution in [0.3, 0.4) is 0 Å². The van der Waals surface area contributed by atoms with Gasteiger partial charge in [0, 0.05) is 48.0 Å². The summed E-state index contributed by atoms with van der Waals surface area (Å²) < 4.78 is 5.29. The number of benzene rings is 2. The van der Waals surface area contributed by atoms with Crippen LogP contribution in [0.4, 0.5) is 11.4 Å². The molecule has 0 aliphatic carbocycles. The number of nitrogens with zero attached hydrogens (tertiary/aromatic N) is 1. The van der Waals surface area contributed by atoms with Crippen molar-refractivity contribution in [1.29, 1.82) is 0 Å². The first-order valence-corrected chi connectivity index (χ1v) is 7.98. The molecule has 0 atom stereocenters. The summed E-state index contributed by atoms with van der Waals surface area (Å²) in [5.41, 5.74) is 1.78. The van der Waals surface area contributed by atoms with Gasteiger partial charge in [0.1, 0.15) is 5.75 Å². The van der Waals surface area contributed by atoms with E-state index in [9.17, 15) is 10.1 Å². The van der Waals surface area contributed by atoms with Gasteiger partial charge in [0.05, 0.1) is 17.1 Å². The van der Waals surface area contributed by atoms with Crippen molar-refractivity contribution in [3.8, 4) is 5.75 Å². The molecule has 6 nitrogen and oxygen atoms in total. The molecule has 2 N–H and O–H groups in total. The summed E-state index contributed by atoms with van der Waals surface area (Å²) >= 11 is 12.1. The first kappa shape index (κ1) is 21.3. The quantitative estimate of drug-likeness (QED) is 0.382. The average Bonchev–Trinajstić information content (AvgIpc) is 2.54. The molecule has 0 radical (unpaired) electrons. The van der Waals surface area contributed by atoms with Crippen LogP contribution in [0.15, 0.2) is 36.4 Å². The van der Waals surface area contributed by atoms with Gasteiger partial charge in [-0.15, -0.1) is 12.4 Å². The Bertz CT molecular complexity index is 712. The SMILES string of the molecule is COc1c(Cl)cc(Cl)cc1CNCCNc1ccc([N+](=O)[O-])cc1.Cl. The van der Waals surface area contributed by atoms with Crippen LogP contribution >= 0.6 is 35.6 Å². The standard InChI is InChI=1S/C16H17Cl2N3O3.ClH/c1-24-16-11(8-12(17)9-15(16)18)10-19-6-7-20-13-2-4-14(5-3-13)21(22)23;/h2-5,8-9,19-20H,6-7,10H2,1H3;1H. The zero-order valence-corrected chi connectivity index (χ0v) is 15.7. The predicted molar refractivity (Wildman–Crippen MR) is 104 cm³/mol. The van der Waals surface area contributed by atoms with E-state index in [1.165, 1.54) is 12.1 Å². The molecule has 0 unspecified atom stereocenters. The molecule has 25 heavy (non-hydrogen) atoms. The average molecular weight is 407 g/mol. The lowest BCUT2D eigenvalue weighted by atomic mass is 10.2. The smallest absolute Gasteiger partial charge is 0.269 e. The Kier molecular flexibility index (Phi) is 8.78. The van der Waals surface area contributed by atoms with Crippen LogP contribution < -0.4 is 15.4 Å². The number of nitrogens with one attached hydrogen (secondary N) is 2. The predicted octanol–water partition coefficient (Wildman–Crippen LogP) is 4.53. The Hall–Kier alpha value is -1.73. The van der Waals surface area contributed by atoms with E-state index in [1.54, 1.807) is 25.3 Å². The van der Waals surface area contributed by atoms with Crippen molar-refractivity contribution in [3.63, 3.8) is 0 Å². The number of ether oxygens (including phenoxy) is 1. The monoisotopic (exact) mass is 405 g/mol. The van der Waals surface area contributed by atoms with Gasteiger partial charge in [-0.1, -0.05) is 23.2 Å². The number of anilines is 1. The second-order valence-electron chi connectivity index (χ2n) is 4.99. The summed E-state index contributed by atoms with van der Waals surface area (Å²) in [5.74, 6) is 0.608. The molecule has 0 saturated carbocycles. The molecule has 9 heteroatoms. The fourth-order valence-electron chi connectivity index (χ4n) is 2.19. The van der Waals surface area contributed by atoms with Gasteiger partial charge in [0.2, 0.25) is 0 Å². The van der Waals surface area contributed by atoms with E-state index in [1.807, 2.05) is 6.07 Å². The fourth-order valence-corrected chi connectivity index (χ4v) is 2.81. The highest BCUT2D eigenvalue weighted by atomic mass is 35.5. The molecule has 2 aromatic carbocycles. The van der Waals surface area contributed by atoms with Crippen LogP contribution in [-0.2, 0) is 6.54 Å². The Labute approximate surface area is 162 Å². The van der Waals surface area contributed by atoms with Gasteiger partial charge in [-0.2, -0.15) is 0 Å². The number of methoxy groups -OCH3 is 1. The van der Waals surface area contributed by atoms with E-state index in [2.05, 4.69) is 10.6 Å². The summed E-state index contributed by atoms with van der Waals surface area (Å²) in [6, 6.07) is 9.74. The molecular weight excluding hydrogens is 389 g/mol. The first-order chi connectivity index (χ1) is 11.5. The minimum atomic E-state index is -0.422. The zero-order valence-electron chi connectivity index (χ0n) is 13.4. The molecule has 0 bridgehead atoms. The van der Waals surface area contributed by atoms with E-state index < -0.39 is 4.92 Å². The Morgan fingerprint density at radius 2 is 1.84 bits per heavy atom. The number of nitro groups is 1. The number of hydrogen-bond donors (Lipinski definition) is 2. The molecule has 136 valence electrons. The van der Waals surface area contributed by atoms with Crippen LogP contribution in [0.25, 0.3) is 0 Å².